The Morgan fingerprint density at radius 3 is 2.59 bits per heavy atom. The molecule has 0 spiro atoms. The number of hydrogen-bond acceptors (Lipinski definition) is 8. The molecule has 3 fully saturated rings. The summed E-state index contributed by atoms with van der Waals surface area (Å²) >= 11 is 0. The third-order valence-corrected chi connectivity index (χ3v) is 6.05. The second kappa shape index (κ2) is 5.12. The number of nitriles is 1. The van der Waals surface area contributed by atoms with Gasteiger partial charge in [-0.25, -0.2) is 9.53 Å². The average molecular weight is 370 g/mol. The predicted octanol–water partition coefficient (Wildman–Crippen LogP) is 1.15. The first kappa shape index (κ1) is 17.6. The quantitative estimate of drug-likeness (QED) is 0.740. The van der Waals surface area contributed by atoms with Gasteiger partial charge in [0.15, 0.2) is 11.0 Å². The Kier molecular flexibility index (Phi) is 3.33. The Balaban J connectivity index is 0.00000180. The van der Waals surface area contributed by atoms with E-state index >= 15 is 0 Å². The van der Waals surface area contributed by atoms with Crippen LogP contribution in [0.1, 0.15) is 33.3 Å². The Labute approximate surface area is 154 Å². The van der Waals surface area contributed by atoms with Crippen molar-refractivity contribution in [3.05, 3.63) is 17.7 Å². The molecule has 0 unspecified atom stereocenters. The second-order valence-corrected chi connectivity index (χ2v) is 7.49. The van der Waals surface area contributed by atoms with Gasteiger partial charge < -0.3 is 9.84 Å². The fourth-order valence-electron chi connectivity index (χ4n) is 4.88. The molecule has 5 rings (SSSR count). The molecule has 4 heterocycles. The van der Waals surface area contributed by atoms with Gasteiger partial charge >= 0.3 is 0 Å². The summed E-state index contributed by atoms with van der Waals surface area (Å²) in [5.41, 5.74) is -1.16. The number of imide groups is 1. The van der Waals surface area contributed by atoms with E-state index < -0.39 is 41.0 Å². The molecule has 2 amide bonds. The number of carbonyl (C=O) groups is 2. The molecule has 2 bridgehead atoms. The predicted molar refractivity (Wildman–Crippen MR) is 91.2 cm³/mol. The SMILES string of the molecule is C.C[C@]12O[C@](C)(C[C@@H]1O)[C@H]1C(=O)N(c3ccc(C#N)c4nonc34)C(=O)[C@H]12. The molecule has 3 aliphatic rings. The van der Waals surface area contributed by atoms with Crippen molar-refractivity contribution in [2.24, 2.45) is 11.8 Å². The minimum atomic E-state index is -1.10. The summed E-state index contributed by atoms with van der Waals surface area (Å²) in [6.45, 7) is 3.43. The van der Waals surface area contributed by atoms with Crippen LogP contribution < -0.4 is 4.90 Å². The minimum Gasteiger partial charge on any atom is -0.390 e. The van der Waals surface area contributed by atoms with E-state index in [0.29, 0.717) is 6.42 Å². The fourth-order valence-corrected chi connectivity index (χ4v) is 4.88. The fraction of sp³-hybridized carbons (Fsp3) is 0.500. The van der Waals surface area contributed by atoms with Crippen LogP contribution >= 0.6 is 0 Å². The number of aromatic nitrogens is 2. The number of anilines is 1. The summed E-state index contributed by atoms with van der Waals surface area (Å²) in [5, 5.41) is 27.0. The van der Waals surface area contributed by atoms with E-state index in [0.717, 1.165) is 4.90 Å². The van der Waals surface area contributed by atoms with Crippen LogP contribution in [0, 0.1) is 23.2 Å². The first-order valence-corrected chi connectivity index (χ1v) is 8.23. The monoisotopic (exact) mass is 370 g/mol. The molecule has 9 heteroatoms. The highest BCUT2D eigenvalue weighted by Crippen LogP contribution is 2.61. The highest BCUT2D eigenvalue weighted by molar-refractivity contribution is 6.25. The molecular formula is C18H18N4O5. The van der Waals surface area contributed by atoms with Gasteiger partial charge in [0.05, 0.1) is 34.8 Å². The molecule has 5 atom stereocenters. The number of benzene rings is 1. The summed E-state index contributed by atoms with van der Waals surface area (Å²) < 4.78 is 10.7. The van der Waals surface area contributed by atoms with Crippen LogP contribution in [0.15, 0.2) is 16.8 Å². The molecule has 0 aliphatic carbocycles. The van der Waals surface area contributed by atoms with Crippen LogP contribution in [0.4, 0.5) is 5.69 Å². The van der Waals surface area contributed by atoms with E-state index in [1.54, 1.807) is 13.8 Å². The number of nitrogens with zero attached hydrogens (tertiary/aromatic N) is 4. The van der Waals surface area contributed by atoms with Crippen molar-refractivity contribution in [2.45, 2.75) is 45.0 Å². The van der Waals surface area contributed by atoms with Crippen LogP contribution in [0.3, 0.4) is 0 Å². The lowest BCUT2D eigenvalue weighted by molar-refractivity contribution is -0.132. The molecule has 0 radical (unpaired) electrons. The molecule has 9 nitrogen and oxygen atoms in total. The first-order chi connectivity index (χ1) is 12.3. The van der Waals surface area contributed by atoms with Crippen LogP contribution in [-0.4, -0.2) is 44.5 Å². The van der Waals surface area contributed by atoms with Gasteiger partial charge in [0, 0.05) is 6.42 Å². The Morgan fingerprint density at radius 1 is 1.22 bits per heavy atom. The number of aliphatic hydroxyl groups excluding tert-OH is 1. The molecule has 140 valence electrons. The van der Waals surface area contributed by atoms with Crippen molar-refractivity contribution in [1.82, 2.24) is 10.3 Å². The first-order valence-electron chi connectivity index (χ1n) is 8.23. The summed E-state index contributed by atoms with van der Waals surface area (Å²) in [4.78, 5) is 27.4. The summed E-state index contributed by atoms with van der Waals surface area (Å²) in [5.74, 6) is -2.28. The average Bonchev–Trinajstić information content (AvgIpc) is 3.27. The van der Waals surface area contributed by atoms with Gasteiger partial charge in [0.1, 0.15) is 11.7 Å². The van der Waals surface area contributed by atoms with E-state index in [1.807, 2.05) is 6.07 Å². The van der Waals surface area contributed by atoms with Crippen molar-refractivity contribution >= 4 is 28.5 Å². The van der Waals surface area contributed by atoms with Gasteiger partial charge in [-0.15, -0.1) is 0 Å². The van der Waals surface area contributed by atoms with Crippen molar-refractivity contribution < 1.29 is 24.1 Å². The molecule has 3 saturated heterocycles. The van der Waals surface area contributed by atoms with Crippen molar-refractivity contribution in [3.8, 4) is 6.07 Å². The maximum atomic E-state index is 13.2. The number of aliphatic hydroxyl groups is 1. The van der Waals surface area contributed by atoms with Crippen molar-refractivity contribution in [3.63, 3.8) is 0 Å². The number of carbonyl (C=O) groups excluding carboxylic acids is 2. The summed E-state index contributed by atoms with van der Waals surface area (Å²) in [7, 11) is 0. The smallest absolute Gasteiger partial charge is 0.240 e. The lowest BCUT2D eigenvalue weighted by atomic mass is 9.67. The van der Waals surface area contributed by atoms with Crippen LogP contribution in [0.2, 0.25) is 0 Å². The second-order valence-electron chi connectivity index (χ2n) is 7.49. The number of fused-ring (bicyclic) bond motifs is 6. The zero-order valence-electron chi connectivity index (χ0n) is 14.0. The van der Waals surface area contributed by atoms with E-state index in [2.05, 4.69) is 10.3 Å². The zero-order valence-corrected chi connectivity index (χ0v) is 14.0. The number of rotatable bonds is 1. The largest absolute Gasteiger partial charge is 0.390 e. The normalized spacial score (nSPS) is 36.8. The lowest BCUT2D eigenvalue weighted by Crippen LogP contribution is -2.49. The molecular weight excluding hydrogens is 352 g/mol. The van der Waals surface area contributed by atoms with Gasteiger partial charge in [0.25, 0.3) is 0 Å². The maximum absolute atomic E-state index is 13.2. The Hall–Kier alpha value is -2.83. The summed E-state index contributed by atoms with van der Waals surface area (Å²) in [6.07, 6.45) is -0.522. The number of amides is 2. The van der Waals surface area contributed by atoms with E-state index in [9.17, 15) is 14.7 Å². The van der Waals surface area contributed by atoms with Crippen LogP contribution in [0.5, 0.6) is 0 Å². The zero-order chi connectivity index (χ0) is 18.4. The molecule has 1 aromatic heterocycles. The number of hydrogen-bond donors (Lipinski definition) is 1. The van der Waals surface area contributed by atoms with Gasteiger partial charge in [-0.2, -0.15) is 5.26 Å². The third-order valence-electron chi connectivity index (χ3n) is 6.05. The van der Waals surface area contributed by atoms with Crippen LogP contribution in [0.25, 0.3) is 11.0 Å². The van der Waals surface area contributed by atoms with Crippen molar-refractivity contribution in [2.75, 3.05) is 4.90 Å². The van der Waals surface area contributed by atoms with Gasteiger partial charge in [-0.3, -0.25) is 9.59 Å². The Bertz CT molecular complexity index is 1040. The molecule has 27 heavy (non-hydrogen) atoms. The molecule has 1 aromatic carbocycles. The van der Waals surface area contributed by atoms with Gasteiger partial charge in [0.2, 0.25) is 11.8 Å². The minimum absolute atomic E-state index is 0. The topological polar surface area (TPSA) is 130 Å². The lowest BCUT2D eigenvalue weighted by Gasteiger charge is -2.31. The Morgan fingerprint density at radius 2 is 1.89 bits per heavy atom. The third kappa shape index (κ3) is 1.84. The van der Waals surface area contributed by atoms with Crippen LogP contribution in [-0.2, 0) is 14.3 Å². The van der Waals surface area contributed by atoms with Crippen molar-refractivity contribution in [1.29, 1.82) is 5.26 Å². The molecule has 3 aliphatic heterocycles. The molecule has 1 N–H and O–H groups in total. The van der Waals surface area contributed by atoms with E-state index in [1.165, 1.54) is 12.1 Å². The molecule has 2 aromatic rings. The van der Waals surface area contributed by atoms with E-state index in [-0.39, 0.29) is 29.7 Å². The number of ether oxygens (including phenoxy) is 1. The maximum Gasteiger partial charge on any atom is 0.240 e. The molecule has 0 saturated carbocycles. The summed E-state index contributed by atoms with van der Waals surface area (Å²) in [6, 6.07) is 4.94. The highest BCUT2D eigenvalue weighted by atomic mass is 16.6. The van der Waals surface area contributed by atoms with E-state index in [4.69, 9.17) is 14.6 Å². The standard InChI is InChI=1S/C17H14N4O5.CH4/c1-16-5-9(22)17(2,25-16)11-10(16)14(23)21(15(11)24)8-4-3-7(6-18)12-13(8)20-26-19-12;/h3-4,9-11,22H,5H2,1-2H3;1H4/t9-,10+,11-,16+,17-;/m0./s1. The van der Waals surface area contributed by atoms with Gasteiger partial charge in [-0.1, -0.05) is 7.43 Å². The highest BCUT2D eigenvalue weighted by Gasteiger charge is 2.75. The van der Waals surface area contributed by atoms with Gasteiger partial charge in [-0.05, 0) is 36.3 Å².